The fourth-order valence-electron chi connectivity index (χ4n) is 2.04. The number of nitrogens with two attached hydrogens (primary N) is 1. The zero-order valence-corrected chi connectivity index (χ0v) is 12.9. The Morgan fingerprint density at radius 1 is 1.48 bits per heavy atom. The topological polar surface area (TPSA) is 127 Å². The predicted octanol–water partition coefficient (Wildman–Crippen LogP) is 2.30. The third kappa shape index (κ3) is 3.92. The lowest BCUT2D eigenvalue weighted by Crippen LogP contribution is -2.40. The van der Waals surface area contributed by atoms with E-state index in [1.54, 1.807) is 18.2 Å². The Morgan fingerprint density at radius 3 is 2.87 bits per heavy atom. The van der Waals surface area contributed by atoms with Gasteiger partial charge in [-0.3, -0.25) is 20.0 Å². The second-order valence-electron chi connectivity index (χ2n) is 5.37. The highest BCUT2D eigenvalue weighted by Crippen LogP contribution is 2.24. The van der Waals surface area contributed by atoms with Crippen molar-refractivity contribution < 1.29 is 9.72 Å². The number of benzene rings is 1. The van der Waals surface area contributed by atoms with Crippen LogP contribution in [0.5, 0.6) is 0 Å². The van der Waals surface area contributed by atoms with Crippen LogP contribution in [0.25, 0.3) is 11.3 Å². The number of carbonyl (C=O) groups is 1. The van der Waals surface area contributed by atoms with Gasteiger partial charge in [-0.25, -0.2) is 0 Å². The molecule has 0 spiro atoms. The first-order valence-electron chi connectivity index (χ1n) is 7.29. The monoisotopic (exact) mass is 317 g/mol. The number of aromatic amines is 1. The van der Waals surface area contributed by atoms with Crippen LogP contribution in [0.2, 0.25) is 0 Å². The van der Waals surface area contributed by atoms with E-state index in [1.807, 2.05) is 13.8 Å². The minimum Gasteiger partial charge on any atom is -0.320 e. The normalized spacial score (nSPS) is 13.3. The molecule has 1 heterocycles. The molecule has 2 rings (SSSR count). The van der Waals surface area contributed by atoms with Gasteiger partial charge in [0.15, 0.2) is 5.82 Å². The highest BCUT2D eigenvalue weighted by Gasteiger charge is 2.20. The van der Waals surface area contributed by atoms with Crippen LogP contribution in [-0.2, 0) is 4.79 Å². The molecule has 0 saturated heterocycles. The van der Waals surface area contributed by atoms with E-state index in [4.69, 9.17) is 5.73 Å². The highest BCUT2D eigenvalue weighted by atomic mass is 16.6. The second-order valence-corrected chi connectivity index (χ2v) is 5.37. The molecule has 0 aliphatic carbocycles. The lowest BCUT2D eigenvalue weighted by Gasteiger charge is -2.16. The first-order chi connectivity index (χ1) is 10.9. The third-order valence-corrected chi connectivity index (χ3v) is 3.76. The average molecular weight is 317 g/mol. The van der Waals surface area contributed by atoms with Crippen molar-refractivity contribution in [2.45, 2.75) is 26.3 Å². The number of amides is 1. The standard InChI is InChI=1S/C15H19N5O3/c1-3-9(2)14(16)15(21)17-13-8-12(18-19-13)10-5-4-6-11(7-10)20(22)23/h4-9,14H,3,16H2,1-2H3,(H2,17,18,19,21). The first-order valence-corrected chi connectivity index (χ1v) is 7.29. The molecule has 0 saturated carbocycles. The van der Waals surface area contributed by atoms with Crippen LogP contribution in [0, 0.1) is 16.0 Å². The van der Waals surface area contributed by atoms with Crippen molar-refractivity contribution in [3.63, 3.8) is 0 Å². The lowest BCUT2D eigenvalue weighted by molar-refractivity contribution is -0.384. The third-order valence-electron chi connectivity index (χ3n) is 3.76. The molecule has 8 heteroatoms. The van der Waals surface area contributed by atoms with Crippen LogP contribution in [0.4, 0.5) is 11.5 Å². The summed E-state index contributed by atoms with van der Waals surface area (Å²) in [6.45, 7) is 3.87. The SMILES string of the molecule is CCC(C)C(N)C(=O)Nc1cc(-c2cccc([N+](=O)[O-])c2)[nH]n1. The summed E-state index contributed by atoms with van der Waals surface area (Å²) in [4.78, 5) is 22.4. The number of nitro benzene ring substituents is 1. The number of H-pyrrole nitrogens is 1. The molecule has 0 fully saturated rings. The fourth-order valence-corrected chi connectivity index (χ4v) is 2.04. The van der Waals surface area contributed by atoms with Gasteiger partial charge >= 0.3 is 0 Å². The molecule has 2 aromatic rings. The van der Waals surface area contributed by atoms with Gasteiger partial charge in [-0.05, 0) is 5.92 Å². The number of non-ortho nitro benzene ring substituents is 1. The maximum Gasteiger partial charge on any atom is 0.270 e. The van der Waals surface area contributed by atoms with Gasteiger partial charge in [0.05, 0.1) is 16.7 Å². The summed E-state index contributed by atoms with van der Waals surface area (Å²) in [6.07, 6.45) is 0.800. The van der Waals surface area contributed by atoms with E-state index in [2.05, 4.69) is 15.5 Å². The van der Waals surface area contributed by atoms with E-state index in [-0.39, 0.29) is 17.5 Å². The minimum absolute atomic E-state index is 0.0125. The molecule has 0 bridgehead atoms. The lowest BCUT2D eigenvalue weighted by atomic mass is 9.99. The first kappa shape index (κ1) is 16.6. The largest absolute Gasteiger partial charge is 0.320 e. The van der Waals surface area contributed by atoms with Gasteiger partial charge < -0.3 is 11.1 Å². The molecule has 0 radical (unpaired) electrons. The van der Waals surface area contributed by atoms with Crippen molar-refractivity contribution in [1.82, 2.24) is 10.2 Å². The van der Waals surface area contributed by atoms with E-state index >= 15 is 0 Å². The summed E-state index contributed by atoms with van der Waals surface area (Å²) in [5.41, 5.74) is 7.03. The van der Waals surface area contributed by atoms with E-state index in [0.717, 1.165) is 6.42 Å². The summed E-state index contributed by atoms with van der Waals surface area (Å²) in [6, 6.07) is 7.15. The van der Waals surface area contributed by atoms with Crippen LogP contribution in [0.3, 0.4) is 0 Å². The van der Waals surface area contributed by atoms with Crippen LogP contribution in [0.1, 0.15) is 20.3 Å². The molecule has 1 amide bonds. The van der Waals surface area contributed by atoms with Gasteiger partial charge in [0.25, 0.3) is 5.69 Å². The Balaban J connectivity index is 2.13. The van der Waals surface area contributed by atoms with E-state index in [1.165, 1.54) is 12.1 Å². The maximum absolute atomic E-state index is 12.0. The number of nitrogens with one attached hydrogen (secondary N) is 2. The molecule has 0 aliphatic rings. The highest BCUT2D eigenvalue weighted by molar-refractivity contribution is 5.94. The summed E-state index contributed by atoms with van der Waals surface area (Å²) in [5, 5.41) is 20.2. The zero-order chi connectivity index (χ0) is 17.0. The van der Waals surface area contributed by atoms with Gasteiger partial charge in [-0.2, -0.15) is 5.10 Å². The molecular weight excluding hydrogens is 298 g/mol. The number of hydrogen-bond acceptors (Lipinski definition) is 5. The quantitative estimate of drug-likeness (QED) is 0.556. The van der Waals surface area contributed by atoms with Crippen molar-refractivity contribution in [3.8, 4) is 11.3 Å². The molecule has 0 aliphatic heterocycles. The number of anilines is 1. The Morgan fingerprint density at radius 2 is 2.22 bits per heavy atom. The zero-order valence-electron chi connectivity index (χ0n) is 12.9. The van der Waals surface area contributed by atoms with Crippen molar-refractivity contribution in [3.05, 3.63) is 40.4 Å². The number of nitro groups is 1. The molecule has 2 unspecified atom stereocenters. The molecule has 2 atom stereocenters. The van der Waals surface area contributed by atoms with Crippen LogP contribution >= 0.6 is 0 Å². The molecule has 4 N–H and O–H groups in total. The minimum atomic E-state index is -0.613. The van der Waals surface area contributed by atoms with Crippen LogP contribution in [0.15, 0.2) is 30.3 Å². The van der Waals surface area contributed by atoms with Crippen molar-refractivity contribution >= 4 is 17.4 Å². The molecular formula is C15H19N5O3. The van der Waals surface area contributed by atoms with E-state index in [9.17, 15) is 14.9 Å². The average Bonchev–Trinajstić information content (AvgIpc) is 3.01. The smallest absolute Gasteiger partial charge is 0.270 e. The van der Waals surface area contributed by atoms with E-state index < -0.39 is 11.0 Å². The van der Waals surface area contributed by atoms with Crippen LogP contribution in [-0.4, -0.2) is 27.1 Å². The molecule has 8 nitrogen and oxygen atoms in total. The van der Waals surface area contributed by atoms with Crippen LogP contribution < -0.4 is 11.1 Å². The Kier molecular flexibility index (Phi) is 5.07. The molecule has 1 aromatic heterocycles. The maximum atomic E-state index is 12.0. The van der Waals surface area contributed by atoms with Crippen molar-refractivity contribution in [1.29, 1.82) is 0 Å². The number of nitrogens with zero attached hydrogens (tertiary/aromatic N) is 2. The molecule has 1 aromatic carbocycles. The number of aromatic nitrogens is 2. The van der Waals surface area contributed by atoms with Gasteiger partial charge in [-0.15, -0.1) is 0 Å². The summed E-state index contributed by atoms with van der Waals surface area (Å²) in [7, 11) is 0. The number of carbonyl (C=O) groups excluding carboxylic acids is 1. The number of rotatable bonds is 6. The Labute approximate surface area is 133 Å². The fraction of sp³-hybridized carbons (Fsp3) is 0.333. The predicted molar refractivity (Wildman–Crippen MR) is 86.7 cm³/mol. The Hall–Kier alpha value is -2.74. The van der Waals surface area contributed by atoms with Gasteiger partial charge in [0.1, 0.15) is 0 Å². The summed E-state index contributed by atoms with van der Waals surface area (Å²) < 4.78 is 0. The summed E-state index contributed by atoms with van der Waals surface area (Å²) >= 11 is 0. The van der Waals surface area contributed by atoms with Gasteiger partial charge in [0.2, 0.25) is 5.91 Å². The Bertz CT molecular complexity index is 713. The van der Waals surface area contributed by atoms with Crippen molar-refractivity contribution in [2.24, 2.45) is 11.7 Å². The second kappa shape index (κ2) is 7.01. The number of hydrogen-bond donors (Lipinski definition) is 3. The molecule has 23 heavy (non-hydrogen) atoms. The van der Waals surface area contributed by atoms with Gasteiger partial charge in [-0.1, -0.05) is 32.4 Å². The van der Waals surface area contributed by atoms with Gasteiger partial charge in [0, 0.05) is 23.8 Å². The van der Waals surface area contributed by atoms with Crippen molar-refractivity contribution in [2.75, 3.05) is 5.32 Å². The molecule has 122 valence electrons. The van der Waals surface area contributed by atoms with E-state index in [0.29, 0.717) is 17.1 Å². The summed E-state index contributed by atoms with van der Waals surface area (Å²) in [5.74, 6) is 0.0805.